The van der Waals surface area contributed by atoms with Crippen LogP contribution in [0.3, 0.4) is 0 Å². The lowest BCUT2D eigenvalue weighted by atomic mass is 10.1. The number of carbonyl (C=O) groups is 2. The lowest BCUT2D eigenvalue weighted by molar-refractivity contribution is -0.117. The summed E-state index contributed by atoms with van der Waals surface area (Å²) in [6.45, 7) is 4.51. The van der Waals surface area contributed by atoms with Gasteiger partial charge in [0, 0.05) is 35.2 Å². The number of amides is 2. The summed E-state index contributed by atoms with van der Waals surface area (Å²) in [5.41, 5.74) is 3.21. The van der Waals surface area contributed by atoms with Crippen molar-refractivity contribution in [2.75, 3.05) is 16.8 Å². The Bertz CT molecular complexity index is 1130. The van der Waals surface area contributed by atoms with Gasteiger partial charge in [-0.2, -0.15) is 0 Å². The van der Waals surface area contributed by atoms with Gasteiger partial charge in [-0.25, -0.2) is 4.39 Å². The van der Waals surface area contributed by atoms with Crippen LogP contribution in [0.5, 0.6) is 0 Å². The van der Waals surface area contributed by atoms with Gasteiger partial charge < -0.3 is 10.2 Å². The molecule has 1 aliphatic rings. The Kier molecular flexibility index (Phi) is 6.02. The number of halogens is 2. The van der Waals surface area contributed by atoms with E-state index in [0.29, 0.717) is 23.1 Å². The van der Waals surface area contributed by atoms with Crippen LogP contribution in [0.2, 0.25) is 5.02 Å². The molecule has 1 atom stereocenters. The van der Waals surface area contributed by atoms with Crippen LogP contribution < -0.4 is 10.2 Å². The van der Waals surface area contributed by atoms with Crippen molar-refractivity contribution >= 4 is 45.6 Å². The number of nitrogens with zero attached hydrogens (tertiary/aromatic N) is 3. The van der Waals surface area contributed by atoms with Crippen molar-refractivity contribution in [1.29, 1.82) is 0 Å². The summed E-state index contributed by atoms with van der Waals surface area (Å²) in [6, 6.07) is 10.3. The maximum Gasteiger partial charge on any atom is 0.230 e. The molecule has 1 aliphatic heterocycles. The first-order valence-corrected chi connectivity index (χ1v) is 10.9. The molecule has 1 unspecified atom stereocenters. The SMILES string of the molecule is Cc1cc(C)cc(N2CC(c3nnc(NC(=O)Cc4c(F)cccc4Cl)s3)CC2=O)c1. The van der Waals surface area contributed by atoms with Gasteiger partial charge in [-0.05, 0) is 49.2 Å². The molecule has 0 saturated carbocycles. The summed E-state index contributed by atoms with van der Waals surface area (Å²) in [7, 11) is 0. The second kappa shape index (κ2) is 8.72. The van der Waals surface area contributed by atoms with Gasteiger partial charge >= 0.3 is 0 Å². The fraction of sp³-hybridized carbons (Fsp3) is 0.273. The lowest BCUT2D eigenvalue weighted by Crippen LogP contribution is -2.24. The number of carbonyl (C=O) groups excluding carboxylic acids is 2. The molecule has 0 radical (unpaired) electrons. The molecule has 6 nitrogen and oxygen atoms in total. The largest absolute Gasteiger partial charge is 0.312 e. The van der Waals surface area contributed by atoms with Crippen LogP contribution in [0.15, 0.2) is 36.4 Å². The summed E-state index contributed by atoms with van der Waals surface area (Å²) in [5.74, 6) is -1.03. The Morgan fingerprint density at radius 3 is 2.71 bits per heavy atom. The number of aryl methyl sites for hydroxylation is 2. The molecule has 0 spiro atoms. The zero-order valence-electron chi connectivity index (χ0n) is 17.0. The summed E-state index contributed by atoms with van der Waals surface area (Å²) in [6.07, 6.45) is 0.128. The minimum atomic E-state index is -0.531. The van der Waals surface area contributed by atoms with E-state index in [-0.39, 0.29) is 28.8 Å². The monoisotopic (exact) mass is 458 g/mol. The van der Waals surface area contributed by atoms with E-state index >= 15 is 0 Å². The molecule has 9 heteroatoms. The number of hydrogen-bond donors (Lipinski definition) is 1. The molecular formula is C22H20ClFN4O2S. The number of hydrogen-bond acceptors (Lipinski definition) is 5. The van der Waals surface area contributed by atoms with Crippen molar-refractivity contribution in [1.82, 2.24) is 10.2 Å². The predicted molar refractivity (Wildman–Crippen MR) is 119 cm³/mol. The van der Waals surface area contributed by atoms with E-state index in [0.717, 1.165) is 16.8 Å². The molecule has 2 aromatic carbocycles. The van der Waals surface area contributed by atoms with E-state index in [9.17, 15) is 14.0 Å². The molecule has 2 heterocycles. The zero-order chi connectivity index (χ0) is 22.1. The minimum Gasteiger partial charge on any atom is -0.312 e. The highest BCUT2D eigenvalue weighted by molar-refractivity contribution is 7.15. The topological polar surface area (TPSA) is 75.2 Å². The highest BCUT2D eigenvalue weighted by atomic mass is 35.5. The van der Waals surface area contributed by atoms with Crippen molar-refractivity contribution < 1.29 is 14.0 Å². The van der Waals surface area contributed by atoms with Gasteiger partial charge in [0.2, 0.25) is 16.9 Å². The van der Waals surface area contributed by atoms with Crippen molar-refractivity contribution in [2.24, 2.45) is 0 Å². The zero-order valence-corrected chi connectivity index (χ0v) is 18.6. The quantitative estimate of drug-likeness (QED) is 0.604. The molecule has 3 aromatic rings. The average molecular weight is 459 g/mol. The maximum atomic E-state index is 13.9. The first-order chi connectivity index (χ1) is 14.8. The van der Waals surface area contributed by atoms with Gasteiger partial charge in [0.05, 0.1) is 6.42 Å². The predicted octanol–water partition coefficient (Wildman–Crippen LogP) is 4.65. The number of anilines is 2. The Morgan fingerprint density at radius 1 is 1.26 bits per heavy atom. The minimum absolute atomic E-state index is 0.0324. The Hall–Kier alpha value is -2.84. The maximum absolute atomic E-state index is 13.9. The molecule has 1 saturated heterocycles. The first kappa shape index (κ1) is 21.4. The van der Waals surface area contributed by atoms with Crippen LogP contribution in [0.25, 0.3) is 0 Å². The molecule has 1 fully saturated rings. The van der Waals surface area contributed by atoms with E-state index in [4.69, 9.17) is 11.6 Å². The third kappa shape index (κ3) is 4.75. The van der Waals surface area contributed by atoms with E-state index in [1.54, 1.807) is 4.90 Å². The van der Waals surface area contributed by atoms with Gasteiger partial charge in [0.1, 0.15) is 10.8 Å². The molecule has 2 amide bonds. The summed E-state index contributed by atoms with van der Waals surface area (Å²) in [4.78, 5) is 26.7. The third-order valence-corrected chi connectivity index (χ3v) is 6.43. The number of nitrogens with one attached hydrogen (secondary N) is 1. The van der Waals surface area contributed by atoms with Gasteiger partial charge in [0.15, 0.2) is 0 Å². The molecule has 0 bridgehead atoms. The molecule has 31 heavy (non-hydrogen) atoms. The first-order valence-electron chi connectivity index (χ1n) is 9.75. The van der Waals surface area contributed by atoms with Crippen LogP contribution >= 0.6 is 22.9 Å². The highest BCUT2D eigenvalue weighted by Crippen LogP contribution is 2.35. The number of rotatable bonds is 5. The summed E-state index contributed by atoms with van der Waals surface area (Å²) in [5, 5.41) is 12.0. The smallest absolute Gasteiger partial charge is 0.230 e. The normalized spacial score (nSPS) is 16.1. The summed E-state index contributed by atoms with van der Waals surface area (Å²) >= 11 is 7.21. The van der Waals surface area contributed by atoms with Gasteiger partial charge in [-0.15, -0.1) is 10.2 Å². The molecule has 1 aromatic heterocycles. The molecule has 1 N–H and O–H groups in total. The van der Waals surface area contributed by atoms with Crippen molar-refractivity contribution in [3.05, 3.63) is 68.9 Å². The van der Waals surface area contributed by atoms with Crippen LogP contribution in [-0.4, -0.2) is 28.6 Å². The summed E-state index contributed by atoms with van der Waals surface area (Å²) < 4.78 is 13.9. The van der Waals surface area contributed by atoms with E-state index in [2.05, 4.69) is 21.6 Å². The van der Waals surface area contributed by atoms with Crippen LogP contribution in [-0.2, 0) is 16.0 Å². The number of aromatic nitrogens is 2. The average Bonchev–Trinajstić information content (AvgIpc) is 3.30. The fourth-order valence-corrected chi connectivity index (χ4v) is 4.78. The fourth-order valence-electron chi connectivity index (χ4n) is 3.70. The second-order valence-electron chi connectivity index (χ2n) is 7.62. The Labute approximate surface area is 188 Å². The number of benzene rings is 2. The molecule has 4 rings (SSSR count). The van der Waals surface area contributed by atoms with Crippen LogP contribution in [0.4, 0.5) is 15.2 Å². The molecule has 0 aliphatic carbocycles. The van der Waals surface area contributed by atoms with Gasteiger partial charge in [0.25, 0.3) is 0 Å². The third-order valence-electron chi connectivity index (χ3n) is 5.08. The van der Waals surface area contributed by atoms with E-state index in [1.165, 1.54) is 29.5 Å². The van der Waals surface area contributed by atoms with Gasteiger partial charge in [-0.3, -0.25) is 9.59 Å². The Balaban J connectivity index is 1.43. The second-order valence-corrected chi connectivity index (χ2v) is 9.04. The molecular weight excluding hydrogens is 439 g/mol. The van der Waals surface area contributed by atoms with Crippen LogP contribution in [0.1, 0.15) is 34.0 Å². The van der Waals surface area contributed by atoms with Crippen molar-refractivity contribution in [3.63, 3.8) is 0 Å². The van der Waals surface area contributed by atoms with Gasteiger partial charge in [-0.1, -0.05) is 35.1 Å². The standard InChI is InChI=1S/C22H20ClFN4O2S/c1-12-6-13(2)8-15(7-12)28-11-14(9-20(28)30)21-26-27-22(31-21)25-19(29)10-16-17(23)4-3-5-18(16)24/h3-8,14H,9-11H2,1-2H3,(H,25,27,29). The van der Waals surface area contributed by atoms with E-state index in [1.807, 2.05) is 26.0 Å². The lowest BCUT2D eigenvalue weighted by Gasteiger charge is -2.17. The van der Waals surface area contributed by atoms with Crippen molar-refractivity contribution in [2.45, 2.75) is 32.6 Å². The Morgan fingerprint density at radius 2 is 2.00 bits per heavy atom. The van der Waals surface area contributed by atoms with E-state index < -0.39 is 11.7 Å². The highest BCUT2D eigenvalue weighted by Gasteiger charge is 2.34. The van der Waals surface area contributed by atoms with Crippen molar-refractivity contribution in [3.8, 4) is 0 Å². The molecule has 160 valence electrons. The van der Waals surface area contributed by atoms with Crippen LogP contribution in [0, 0.1) is 19.7 Å².